The van der Waals surface area contributed by atoms with Crippen LogP contribution >= 0.6 is 11.3 Å². The molecule has 0 bridgehead atoms. The van der Waals surface area contributed by atoms with Crippen LogP contribution in [0.5, 0.6) is 0 Å². The van der Waals surface area contributed by atoms with Crippen LogP contribution < -0.4 is 5.32 Å². The maximum atomic E-state index is 13.1. The first-order valence-corrected chi connectivity index (χ1v) is 11.0. The number of piperidine rings is 1. The van der Waals surface area contributed by atoms with Gasteiger partial charge in [-0.1, -0.05) is 30.3 Å². The molecule has 1 N–H and O–H groups in total. The number of nitrogens with zero attached hydrogens (tertiary/aromatic N) is 2. The van der Waals surface area contributed by atoms with Gasteiger partial charge in [0.15, 0.2) is 0 Å². The van der Waals surface area contributed by atoms with E-state index in [-0.39, 0.29) is 11.8 Å². The highest BCUT2D eigenvalue weighted by molar-refractivity contribution is 7.13. The molecule has 0 aliphatic carbocycles. The Labute approximate surface area is 180 Å². The molecular formula is C24H25N3O2S. The fraction of sp³-hybridized carbons (Fsp3) is 0.292. The van der Waals surface area contributed by atoms with Gasteiger partial charge in [0.1, 0.15) is 0 Å². The molecule has 1 fully saturated rings. The zero-order valence-electron chi connectivity index (χ0n) is 17.0. The molecule has 2 amide bonds. The predicted octanol–water partition coefficient (Wildman–Crippen LogP) is 4.02. The Balaban J connectivity index is 1.61. The summed E-state index contributed by atoms with van der Waals surface area (Å²) in [5, 5.41) is 4.92. The number of rotatable bonds is 5. The third-order valence-electron chi connectivity index (χ3n) is 5.76. The molecule has 1 aromatic carbocycles. The average molecular weight is 420 g/mol. The Hall–Kier alpha value is -2.99. The van der Waals surface area contributed by atoms with Gasteiger partial charge in [-0.2, -0.15) is 0 Å². The smallest absolute Gasteiger partial charge is 0.255 e. The van der Waals surface area contributed by atoms with Crippen LogP contribution in [0.3, 0.4) is 0 Å². The first-order valence-electron chi connectivity index (χ1n) is 10.2. The van der Waals surface area contributed by atoms with Crippen molar-refractivity contribution in [3.63, 3.8) is 0 Å². The molecule has 1 aliphatic rings. The fourth-order valence-corrected chi connectivity index (χ4v) is 5.04. The third kappa shape index (κ3) is 4.14. The van der Waals surface area contributed by atoms with Crippen molar-refractivity contribution in [1.82, 2.24) is 15.2 Å². The fourth-order valence-electron chi connectivity index (χ4n) is 4.32. The van der Waals surface area contributed by atoms with Crippen LogP contribution in [0.1, 0.15) is 28.8 Å². The van der Waals surface area contributed by atoms with Gasteiger partial charge in [0.05, 0.1) is 11.0 Å². The third-order valence-corrected chi connectivity index (χ3v) is 6.68. The number of hydrogen-bond acceptors (Lipinski definition) is 4. The van der Waals surface area contributed by atoms with Gasteiger partial charge >= 0.3 is 0 Å². The second-order valence-corrected chi connectivity index (χ2v) is 8.73. The van der Waals surface area contributed by atoms with Crippen LogP contribution in [0.2, 0.25) is 0 Å². The molecule has 30 heavy (non-hydrogen) atoms. The number of amides is 2. The number of benzene rings is 1. The predicted molar refractivity (Wildman–Crippen MR) is 119 cm³/mol. The lowest BCUT2D eigenvalue weighted by Crippen LogP contribution is -2.54. The molecule has 3 heterocycles. The van der Waals surface area contributed by atoms with Crippen molar-refractivity contribution in [3.05, 3.63) is 77.4 Å². The first-order chi connectivity index (χ1) is 14.6. The van der Waals surface area contributed by atoms with Crippen molar-refractivity contribution in [2.45, 2.75) is 19.3 Å². The zero-order valence-corrected chi connectivity index (χ0v) is 17.8. The Bertz CT molecular complexity index is 1020. The molecule has 6 heteroatoms. The monoisotopic (exact) mass is 419 g/mol. The summed E-state index contributed by atoms with van der Waals surface area (Å²) in [7, 11) is 1.67. The Kier molecular flexibility index (Phi) is 5.95. The Morgan fingerprint density at radius 3 is 2.83 bits per heavy atom. The van der Waals surface area contributed by atoms with Gasteiger partial charge < -0.3 is 10.2 Å². The molecule has 1 saturated heterocycles. The second-order valence-electron chi connectivity index (χ2n) is 7.79. The molecule has 154 valence electrons. The lowest BCUT2D eigenvalue weighted by atomic mass is 9.74. The number of carbonyl (C=O) groups excluding carboxylic acids is 2. The van der Waals surface area contributed by atoms with Gasteiger partial charge in [-0.3, -0.25) is 14.6 Å². The molecule has 4 rings (SSSR count). The number of thiophene rings is 1. The van der Waals surface area contributed by atoms with E-state index >= 15 is 0 Å². The van der Waals surface area contributed by atoms with E-state index in [1.807, 2.05) is 12.1 Å². The molecular weight excluding hydrogens is 394 g/mol. The van der Waals surface area contributed by atoms with E-state index < -0.39 is 5.41 Å². The van der Waals surface area contributed by atoms with Crippen molar-refractivity contribution >= 4 is 23.2 Å². The van der Waals surface area contributed by atoms with Crippen molar-refractivity contribution in [2.24, 2.45) is 5.41 Å². The number of pyridine rings is 1. The SMILES string of the molecule is CNC(=O)[C@]1(Cc2cccc(-c3cccs3)c2)CCCN(C(=O)c2cccnc2)C1. The summed E-state index contributed by atoms with van der Waals surface area (Å²) in [6.45, 7) is 1.06. The molecule has 0 saturated carbocycles. The van der Waals surface area contributed by atoms with Crippen LogP contribution in [-0.2, 0) is 11.2 Å². The standard InChI is InChI=1S/C24H25N3O2S/c1-25-23(29)24(15-18-6-2-7-19(14-18)21-9-4-13-30-21)10-5-12-27(17-24)22(28)20-8-3-11-26-16-20/h2-4,6-9,11,13-14,16H,5,10,12,15,17H2,1H3,(H,25,29)/t24-/m0/s1. The van der Waals surface area contributed by atoms with Crippen LogP contribution in [0.4, 0.5) is 0 Å². The molecule has 3 aromatic rings. The van der Waals surface area contributed by atoms with Crippen molar-refractivity contribution in [2.75, 3.05) is 20.1 Å². The summed E-state index contributed by atoms with van der Waals surface area (Å²) in [5.41, 5.74) is 2.19. The van der Waals surface area contributed by atoms with Crippen molar-refractivity contribution in [3.8, 4) is 10.4 Å². The minimum atomic E-state index is -0.640. The minimum Gasteiger partial charge on any atom is -0.359 e. The summed E-state index contributed by atoms with van der Waals surface area (Å²) in [6.07, 6.45) is 5.39. The minimum absolute atomic E-state index is 0.00675. The van der Waals surface area contributed by atoms with E-state index in [4.69, 9.17) is 0 Å². The van der Waals surface area contributed by atoms with E-state index in [0.29, 0.717) is 25.1 Å². The largest absolute Gasteiger partial charge is 0.359 e. The molecule has 0 radical (unpaired) electrons. The van der Waals surface area contributed by atoms with E-state index in [0.717, 1.165) is 24.0 Å². The number of aromatic nitrogens is 1. The van der Waals surface area contributed by atoms with Gasteiger partial charge in [0.2, 0.25) is 5.91 Å². The summed E-state index contributed by atoms with van der Waals surface area (Å²) >= 11 is 1.70. The maximum absolute atomic E-state index is 13.1. The lowest BCUT2D eigenvalue weighted by molar-refractivity contribution is -0.133. The number of carbonyl (C=O) groups is 2. The van der Waals surface area contributed by atoms with Crippen LogP contribution in [-0.4, -0.2) is 41.8 Å². The molecule has 1 aliphatic heterocycles. The second kappa shape index (κ2) is 8.79. The van der Waals surface area contributed by atoms with Gasteiger partial charge in [-0.25, -0.2) is 0 Å². The zero-order chi connectivity index (χ0) is 21.0. The highest BCUT2D eigenvalue weighted by Gasteiger charge is 2.43. The molecule has 0 unspecified atom stereocenters. The highest BCUT2D eigenvalue weighted by atomic mass is 32.1. The normalized spacial score (nSPS) is 18.8. The summed E-state index contributed by atoms with van der Waals surface area (Å²) < 4.78 is 0. The summed E-state index contributed by atoms with van der Waals surface area (Å²) in [6, 6.07) is 16.1. The first kappa shape index (κ1) is 20.3. The number of likely N-dealkylation sites (tertiary alicyclic amines) is 1. The van der Waals surface area contributed by atoms with Crippen LogP contribution in [0, 0.1) is 5.41 Å². The molecule has 0 spiro atoms. The van der Waals surface area contributed by atoms with Crippen molar-refractivity contribution in [1.29, 1.82) is 0 Å². The van der Waals surface area contributed by atoms with Gasteiger partial charge in [0, 0.05) is 37.4 Å². The van der Waals surface area contributed by atoms with Gasteiger partial charge in [-0.15, -0.1) is 11.3 Å². The number of hydrogen-bond donors (Lipinski definition) is 1. The summed E-state index contributed by atoms with van der Waals surface area (Å²) in [4.78, 5) is 33.1. The van der Waals surface area contributed by atoms with E-state index in [9.17, 15) is 9.59 Å². The van der Waals surface area contributed by atoms with Crippen LogP contribution in [0.15, 0.2) is 66.3 Å². The maximum Gasteiger partial charge on any atom is 0.255 e. The number of nitrogens with one attached hydrogen (secondary N) is 1. The average Bonchev–Trinajstić information content (AvgIpc) is 3.34. The molecule has 1 atom stereocenters. The van der Waals surface area contributed by atoms with E-state index in [2.05, 4.69) is 39.9 Å². The van der Waals surface area contributed by atoms with E-state index in [1.165, 1.54) is 4.88 Å². The topological polar surface area (TPSA) is 62.3 Å². The van der Waals surface area contributed by atoms with E-state index in [1.54, 1.807) is 47.8 Å². The quantitative estimate of drug-likeness (QED) is 0.679. The lowest BCUT2D eigenvalue weighted by Gasteiger charge is -2.41. The summed E-state index contributed by atoms with van der Waals surface area (Å²) in [5.74, 6) is -0.0730. The highest BCUT2D eigenvalue weighted by Crippen LogP contribution is 2.36. The van der Waals surface area contributed by atoms with Gasteiger partial charge in [-0.05, 0) is 54.0 Å². The Morgan fingerprint density at radius 1 is 1.20 bits per heavy atom. The van der Waals surface area contributed by atoms with Gasteiger partial charge in [0.25, 0.3) is 5.91 Å². The van der Waals surface area contributed by atoms with Crippen LogP contribution in [0.25, 0.3) is 10.4 Å². The molecule has 5 nitrogen and oxygen atoms in total. The molecule has 2 aromatic heterocycles. The van der Waals surface area contributed by atoms with Crippen molar-refractivity contribution < 1.29 is 9.59 Å². The Morgan fingerprint density at radius 2 is 2.10 bits per heavy atom.